The van der Waals surface area contributed by atoms with Gasteiger partial charge in [-0.2, -0.15) is 4.98 Å². The zero-order valence-corrected chi connectivity index (χ0v) is 7.43. The largest absolute Gasteiger partial charge is 0.506 e. The Morgan fingerprint density at radius 2 is 2.36 bits per heavy atom. The Kier molecular flexibility index (Phi) is 1.81. The molecular weight excluding hydrogens is 184 g/mol. The predicted molar refractivity (Wildman–Crippen MR) is 49.0 cm³/mol. The highest BCUT2D eigenvalue weighted by molar-refractivity contribution is 5.86. The summed E-state index contributed by atoms with van der Waals surface area (Å²) in [6.07, 6.45) is 1.41. The first kappa shape index (κ1) is 8.49. The van der Waals surface area contributed by atoms with Gasteiger partial charge in [0.2, 0.25) is 11.9 Å². The topological polar surface area (TPSA) is 79.5 Å². The Morgan fingerprint density at radius 1 is 1.57 bits per heavy atom. The predicted octanol–water partition coefficient (Wildman–Crippen LogP) is 0.393. The molecule has 0 saturated heterocycles. The molecule has 0 aliphatic carbocycles. The van der Waals surface area contributed by atoms with Crippen LogP contribution in [0.25, 0.3) is 5.65 Å². The van der Waals surface area contributed by atoms with E-state index in [0.717, 1.165) is 0 Å². The van der Waals surface area contributed by atoms with Gasteiger partial charge in [0.25, 0.3) is 0 Å². The summed E-state index contributed by atoms with van der Waals surface area (Å²) in [5, 5.41) is 15.5. The highest BCUT2D eigenvalue weighted by atomic mass is 16.3. The van der Waals surface area contributed by atoms with Crippen LogP contribution >= 0.6 is 0 Å². The van der Waals surface area contributed by atoms with Gasteiger partial charge in [-0.15, -0.1) is 5.10 Å². The number of carbonyl (C=O) groups is 1. The van der Waals surface area contributed by atoms with Gasteiger partial charge in [0.05, 0.1) is 6.20 Å². The first-order valence-electron chi connectivity index (χ1n) is 3.98. The van der Waals surface area contributed by atoms with Gasteiger partial charge in [0.1, 0.15) is 5.75 Å². The molecular formula is C8H8N4O2. The summed E-state index contributed by atoms with van der Waals surface area (Å²) in [5.41, 5.74) is 0.562. The maximum atomic E-state index is 10.7. The van der Waals surface area contributed by atoms with Crippen molar-refractivity contribution in [2.24, 2.45) is 0 Å². The molecule has 0 aliphatic rings. The lowest BCUT2D eigenvalue weighted by molar-refractivity contribution is -0.114. The minimum absolute atomic E-state index is 0.0942. The van der Waals surface area contributed by atoms with Crippen LogP contribution in [0.3, 0.4) is 0 Å². The molecule has 0 spiro atoms. The standard InChI is InChI=1S/C8H8N4O2/c1-5(13)9-8-10-7-3-2-6(14)4-12(7)11-8/h2-4,14H,1H3,(H,9,11,13). The summed E-state index contributed by atoms with van der Waals surface area (Å²) in [5.74, 6) is 0.0880. The Hall–Kier alpha value is -2.11. The number of hydrogen-bond donors (Lipinski definition) is 2. The fourth-order valence-electron chi connectivity index (χ4n) is 1.08. The van der Waals surface area contributed by atoms with Crippen LogP contribution in [0, 0.1) is 0 Å². The molecule has 2 heterocycles. The van der Waals surface area contributed by atoms with E-state index < -0.39 is 0 Å². The van der Waals surface area contributed by atoms with Crippen molar-refractivity contribution >= 4 is 17.5 Å². The first-order chi connectivity index (χ1) is 6.65. The number of pyridine rings is 1. The van der Waals surface area contributed by atoms with E-state index in [4.69, 9.17) is 5.11 Å². The lowest BCUT2D eigenvalue weighted by atomic mass is 10.4. The fourth-order valence-corrected chi connectivity index (χ4v) is 1.08. The number of nitrogens with one attached hydrogen (secondary N) is 1. The molecule has 0 saturated carbocycles. The van der Waals surface area contributed by atoms with Crippen LogP contribution in [0.1, 0.15) is 6.92 Å². The van der Waals surface area contributed by atoms with Gasteiger partial charge < -0.3 is 5.11 Å². The van der Waals surface area contributed by atoms with E-state index >= 15 is 0 Å². The summed E-state index contributed by atoms with van der Waals surface area (Å²) < 4.78 is 1.39. The van der Waals surface area contributed by atoms with Crippen LogP contribution < -0.4 is 5.32 Å². The van der Waals surface area contributed by atoms with Gasteiger partial charge in [0, 0.05) is 6.92 Å². The van der Waals surface area contributed by atoms with Gasteiger partial charge in [-0.3, -0.25) is 10.1 Å². The average Bonchev–Trinajstić information content (AvgIpc) is 2.44. The van der Waals surface area contributed by atoms with Crippen molar-refractivity contribution in [3.8, 4) is 5.75 Å². The third-order valence-electron chi connectivity index (χ3n) is 1.60. The van der Waals surface area contributed by atoms with Crippen LogP contribution in [-0.2, 0) is 4.79 Å². The van der Waals surface area contributed by atoms with E-state index in [1.807, 2.05) is 0 Å². The van der Waals surface area contributed by atoms with Crippen molar-refractivity contribution in [2.75, 3.05) is 5.32 Å². The first-order valence-corrected chi connectivity index (χ1v) is 3.98. The number of aromatic nitrogens is 3. The summed E-state index contributed by atoms with van der Waals surface area (Å²) in [7, 11) is 0. The van der Waals surface area contributed by atoms with E-state index in [-0.39, 0.29) is 17.6 Å². The van der Waals surface area contributed by atoms with E-state index in [2.05, 4.69) is 15.4 Å². The van der Waals surface area contributed by atoms with E-state index in [9.17, 15) is 4.79 Å². The summed E-state index contributed by atoms with van der Waals surface area (Å²) >= 11 is 0. The van der Waals surface area contributed by atoms with Crippen molar-refractivity contribution < 1.29 is 9.90 Å². The number of nitrogens with zero attached hydrogens (tertiary/aromatic N) is 3. The molecule has 0 unspecified atom stereocenters. The lowest BCUT2D eigenvalue weighted by Gasteiger charge is -1.91. The fraction of sp³-hybridized carbons (Fsp3) is 0.125. The monoisotopic (exact) mass is 192 g/mol. The van der Waals surface area contributed by atoms with Crippen molar-refractivity contribution in [1.82, 2.24) is 14.6 Å². The number of fused-ring (bicyclic) bond motifs is 1. The molecule has 14 heavy (non-hydrogen) atoms. The highest BCUT2D eigenvalue weighted by Crippen LogP contribution is 2.11. The quantitative estimate of drug-likeness (QED) is 0.685. The minimum Gasteiger partial charge on any atom is -0.506 e. The number of carbonyl (C=O) groups excluding carboxylic acids is 1. The summed E-state index contributed by atoms with van der Waals surface area (Å²) in [6, 6.07) is 3.11. The Bertz CT molecular complexity index is 491. The molecule has 6 nitrogen and oxygen atoms in total. The Morgan fingerprint density at radius 3 is 3.07 bits per heavy atom. The third kappa shape index (κ3) is 1.49. The number of amides is 1. The van der Waals surface area contributed by atoms with Crippen molar-refractivity contribution in [1.29, 1.82) is 0 Å². The zero-order valence-electron chi connectivity index (χ0n) is 7.43. The second kappa shape index (κ2) is 2.99. The lowest BCUT2D eigenvalue weighted by Crippen LogP contribution is -2.07. The van der Waals surface area contributed by atoms with E-state index in [1.54, 1.807) is 6.07 Å². The van der Waals surface area contributed by atoms with Crippen LogP contribution in [0.2, 0.25) is 0 Å². The molecule has 0 aliphatic heterocycles. The second-order valence-electron chi connectivity index (χ2n) is 2.81. The van der Waals surface area contributed by atoms with Crippen LogP contribution in [0.15, 0.2) is 18.3 Å². The van der Waals surface area contributed by atoms with Crippen molar-refractivity contribution in [3.63, 3.8) is 0 Å². The van der Waals surface area contributed by atoms with Crippen LogP contribution in [0.5, 0.6) is 5.75 Å². The SMILES string of the molecule is CC(=O)Nc1nc2ccc(O)cn2n1. The van der Waals surface area contributed by atoms with E-state index in [0.29, 0.717) is 5.65 Å². The maximum Gasteiger partial charge on any atom is 0.249 e. The maximum absolute atomic E-state index is 10.7. The smallest absolute Gasteiger partial charge is 0.249 e. The van der Waals surface area contributed by atoms with Crippen LogP contribution in [0.4, 0.5) is 5.95 Å². The molecule has 6 heteroatoms. The molecule has 0 radical (unpaired) electrons. The van der Waals surface area contributed by atoms with Crippen LogP contribution in [-0.4, -0.2) is 25.6 Å². The second-order valence-corrected chi connectivity index (χ2v) is 2.81. The minimum atomic E-state index is -0.231. The molecule has 2 rings (SSSR count). The number of anilines is 1. The van der Waals surface area contributed by atoms with Gasteiger partial charge in [-0.05, 0) is 12.1 Å². The summed E-state index contributed by atoms with van der Waals surface area (Å²) in [6.45, 7) is 1.38. The zero-order chi connectivity index (χ0) is 10.1. The normalized spacial score (nSPS) is 10.4. The molecule has 72 valence electrons. The van der Waals surface area contributed by atoms with Gasteiger partial charge in [-0.25, -0.2) is 4.52 Å². The van der Waals surface area contributed by atoms with Crippen molar-refractivity contribution in [2.45, 2.75) is 6.92 Å². The summed E-state index contributed by atoms with van der Waals surface area (Å²) in [4.78, 5) is 14.7. The molecule has 2 aromatic rings. The van der Waals surface area contributed by atoms with Gasteiger partial charge in [0.15, 0.2) is 5.65 Å². The number of hydrogen-bond acceptors (Lipinski definition) is 4. The van der Waals surface area contributed by atoms with Gasteiger partial charge in [-0.1, -0.05) is 0 Å². The molecule has 0 bridgehead atoms. The average molecular weight is 192 g/mol. The molecule has 0 atom stereocenters. The molecule has 2 aromatic heterocycles. The number of rotatable bonds is 1. The molecule has 2 N–H and O–H groups in total. The van der Waals surface area contributed by atoms with E-state index in [1.165, 1.54) is 23.7 Å². The highest BCUT2D eigenvalue weighted by Gasteiger charge is 2.04. The third-order valence-corrected chi connectivity index (χ3v) is 1.60. The Labute approximate surface area is 79.2 Å². The van der Waals surface area contributed by atoms with Gasteiger partial charge >= 0.3 is 0 Å². The molecule has 1 amide bonds. The number of aromatic hydroxyl groups is 1. The Balaban J connectivity index is 2.46. The molecule has 0 fully saturated rings. The van der Waals surface area contributed by atoms with Crippen molar-refractivity contribution in [3.05, 3.63) is 18.3 Å². The molecule has 0 aromatic carbocycles.